The molecule has 1 aliphatic carbocycles. The highest BCUT2D eigenvalue weighted by Crippen LogP contribution is 2.42. The zero-order valence-corrected chi connectivity index (χ0v) is 12.4. The van der Waals surface area contributed by atoms with E-state index >= 15 is 0 Å². The second-order valence-electron chi connectivity index (χ2n) is 6.25. The van der Waals surface area contributed by atoms with Gasteiger partial charge in [-0.1, -0.05) is 11.6 Å². The maximum absolute atomic E-state index is 5.46. The lowest BCUT2D eigenvalue weighted by molar-refractivity contribution is 0.133. The van der Waals surface area contributed by atoms with Crippen LogP contribution in [0.15, 0.2) is 10.7 Å². The number of H-pyrrole nitrogens is 1. The summed E-state index contributed by atoms with van der Waals surface area (Å²) in [5.41, 5.74) is 1.25. The van der Waals surface area contributed by atoms with Gasteiger partial charge in [0.2, 0.25) is 0 Å². The Morgan fingerprint density at radius 3 is 3.00 bits per heavy atom. The van der Waals surface area contributed by atoms with E-state index in [1.54, 1.807) is 0 Å². The van der Waals surface area contributed by atoms with Crippen LogP contribution in [0, 0.1) is 6.92 Å². The minimum Gasteiger partial charge on any atom is -0.361 e. The Morgan fingerprint density at radius 1 is 1.33 bits per heavy atom. The number of hydrogen-bond acceptors (Lipinski definition) is 5. The molecule has 112 valence electrons. The fourth-order valence-electron chi connectivity index (χ4n) is 3.27. The van der Waals surface area contributed by atoms with Crippen molar-refractivity contribution in [3.8, 4) is 0 Å². The van der Waals surface area contributed by atoms with Crippen molar-refractivity contribution in [2.24, 2.45) is 0 Å². The van der Waals surface area contributed by atoms with Crippen molar-refractivity contribution in [1.29, 1.82) is 0 Å². The third kappa shape index (κ3) is 2.60. The van der Waals surface area contributed by atoms with Crippen LogP contribution in [0.1, 0.15) is 67.0 Å². The quantitative estimate of drug-likeness (QED) is 0.936. The lowest BCUT2D eigenvalue weighted by atomic mass is 10.0. The fraction of sp³-hybridized carbons (Fsp3) is 0.667. The molecule has 1 aliphatic heterocycles. The zero-order chi connectivity index (χ0) is 14.2. The van der Waals surface area contributed by atoms with Gasteiger partial charge in [-0.25, -0.2) is 4.98 Å². The highest BCUT2D eigenvalue weighted by Gasteiger charge is 2.33. The highest BCUT2D eigenvalue weighted by atomic mass is 16.5. The smallest absolute Gasteiger partial charge is 0.167 e. The van der Waals surface area contributed by atoms with Crippen LogP contribution < -0.4 is 0 Å². The van der Waals surface area contributed by atoms with E-state index in [4.69, 9.17) is 4.52 Å². The van der Waals surface area contributed by atoms with Gasteiger partial charge in [0.05, 0.1) is 12.2 Å². The van der Waals surface area contributed by atoms with Crippen LogP contribution in [-0.4, -0.2) is 31.8 Å². The molecule has 3 heterocycles. The van der Waals surface area contributed by atoms with E-state index < -0.39 is 0 Å². The zero-order valence-electron chi connectivity index (χ0n) is 12.4. The van der Waals surface area contributed by atoms with Crippen LogP contribution in [0.3, 0.4) is 0 Å². The second kappa shape index (κ2) is 5.26. The number of hydrogen-bond donors (Lipinski definition) is 1. The number of nitrogens with one attached hydrogen (secondary N) is 1. The van der Waals surface area contributed by atoms with Crippen molar-refractivity contribution in [1.82, 2.24) is 25.2 Å². The molecule has 21 heavy (non-hydrogen) atoms. The molecule has 0 spiro atoms. The van der Waals surface area contributed by atoms with Crippen LogP contribution in [-0.2, 0) is 6.54 Å². The van der Waals surface area contributed by atoms with E-state index in [1.165, 1.54) is 31.2 Å². The van der Waals surface area contributed by atoms with Crippen molar-refractivity contribution >= 4 is 0 Å². The topological polar surface area (TPSA) is 70.8 Å². The molecular formula is C15H21N5O. The van der Waals surface area contributed by atoms with Crippen molar-refractivity contribution in [2.45, 2.75) is 57.5 Å². The van der Waals surface area contributed by atoms with Gasteiger partial charge in [-0.15, -0.1) is 0 Å². The first-order chi connectivity index (χ1) is 10.3. The number of piperidine rings is 1. The molecule has 6 heteroatoms. The summed E-state index contributed by atoms with van der Waals surface area (Å²) in [7, 11) is 0. The van der Waals surface area contributed by atoms with Gasteiger partial charge < -0.3 is 4.52 Å². The summed E-state index contributed by atoms with van der Waals surface area (Å²) in [6, 6.07) is 0.311. The normalized spacial score (nSPS) is 23.6. The molecule has 0 aromatic carbocycles. The summed E-state index contributed by atoms with van der Waals surface area (Å²) < 4.78 is 5.46. The van der Waals surface area contributed by atoms with E-state index in [0.717, 1.165) is 36.9 Å². The summed E-state index contributed by atoms with van der Waals surface area (Å²) in [6.45, 7) is 3.94. The van der Waals surface area contributed by atoms with Crippen molar-refractivity contribution in [3.05, 3.63) is 29.2 Å². The molecule has 4 rings (SSSR count). The van der Waals surface area contributed by atoms with E-state index in [1.807, 2.05) is 13.1 Å². The minimum atomic E-state index is 0.311. The summed E-state index contributed by atoms with van der Waals surface area (Å²) >= 11 is 0. The average Bonchev–Trinajstić information content (AvgIpc) is 3.08. The lowest BCUT2D eigenvalue weighted by Crippen LogP contribution is -2.33. The Morgan fingerprint density at radius 2 is 2.24 bits per heavy atom. The van der Waals surface area contributed by atoms with Gasteiger partial charge in [0.1, 0.15) is 11.6 Å². The van der Waals surface area contributed by atoms with Gasteiger partial charge in [-0.05, 0) is 39.2 Å². The molecule has 0 amide bonds. The van der Waals surface area contributed by atoms with Gasteiger partial charge in [0.25, 0.3) is 0 Å². The van der Waals surface area contributed by atoms with E-state index in [-0.39, 0.29) is 0 Å². The molecule has 1 saturated heterocycles. The van der Waals surface area contributed by atoms with Gasteiger partial charge in [0.15, 0.2) is 5.82 Å². The number of aromatic nitrogens is 4. The largest absolute Gasteiger partial charge is 0.361 e. The Labute approximate surface area is 123 Å². The van der Waals surface area contributed by atoms with Crippen LogP contribution in [0.2, 0.25) is 0 Å². The molecule has 6 nitrogen and oxygen atoms in total. The van der Waals surface area contributed by atoms with E-state index in [0.29, 0.717) is 12.0 Å². The Hall–Kier alpha value is -1.69. The molecule has 2 aliphatic rings. The highest BCUT2D eigenvalue weighted by molar-refractivity contribution is 5.22. The Kier molecular flexibility index (Phi) is 3.25. The van der Waals surface area contributed by atoms with Crippen LogP contribution in [0.25, 0.3) is 0 Å². The SMILES string of the molecule is Cc1nc(C2CCCCN2Cc2cnoc2C2CC2)n[nH]1. The van der Waals surface area contributed by atoms with Crippen molar-refractivity contribution < 1.29 is 4.52 Å². The van der Waals surface area contributed by atoms with Gasteiger partial charge in [-0.2, -0.15) is 5.10 Å². The second-order valence-corrected chi connectivity index (χ2v) is 6.25. The lowest BCUT2D eigenvalue weighted by Gasteiger charge is -2.33. The third-order valence-corrected chi connectivity index (χ3v) is 4.52. The summed E-state index contributed by atoms with van der Waals surface area (Å²) in [5.74, 6) is 3.53. The summed E-state index contributed by atoms with van der Waals surface area (Å²) in [5, 5.41) is 11.3. The number of aromatic amines is 1. The van der Waals surface area contributed by atoms with Crippen LogP contribution in [0.4, 0.5) is 0 Å². The fourth-order valence-corrected chi connectivity index (χ4v) is 3.27. The maximum atomic E-state index is 5.46. The predicted molar refractivity (Wildman–Crippen MR) is 76.6 cm³/mol. The molecular weight excluding hydrogens is 266 g/mol. The maximum Gasteiger partial charge on any atom is 0.167 e. The monoisotopic (exact) mass is 287 g/mol. The number of rotatable bonds is 4. The molecule has 2 fully saturated rings. The van der Waals surface area contributed by atoms with Gasteiger partial charge in [0, 0.05) is 18.0 Å². The molecule has 1 atom stereocenters. The molecule has 1 unspecified atom stereocenters. The summed E-state index contributed by atoms with van der Waals surface area (Å²) in [4.78, 5) is 7.01. The van der Waals surface area contributed by atoms with Gasteiger partial charge in [-0.3, -0.25) is 10.00 Å². The van der Waals surface area contributed by atoms with E-state index in [2.05, 4.69) is 25.2 Å². The van der Waals surface area contributed by atoms with E-state index in [9.17, 15) is 0 Å². The van der Waals surface area contributed by atoms with Gasteiger partial charge >= 0.3 is 0 Å². The first-order valence-corrected chi connectivity index (χ1v) is 7.87. The third-order valence-electron chi connectivity index (χ3n) is 4.52. The first kappa shape index (κ1) is 13.0. The first-order valence-electron chi connectivity index (χ1n) is 7.87. The molecule has 1 N–H and O–H groups in total. The van der Waals surface area contributed by atoms with Crippen molar-refractivity contribution in [2.75, 3.05) is 6.54 Å². The predicted octanol–water partition coefficient (Wildman–Crippen LogP) is 2.71. The molecule has 2 aromatic heterocycles. The number of aryl methyl sites for hydroxylation is 1. The summed E-state index contributed by atoms with van der Waals surface area (Å²) in [6.07, 6.45) is 7.99. The van der Waals surface area contributed by atoms with Crippen LogP contribution >= 0.6 is 0 Å². The Balaban J connectivity index is 1.55. The molecule has 2 aromatic rings. The standard InChI is InChI=1S/C15H21N5O/c1-10-17-15(19-18-10)13-4-2-3-7-20(13)9-12-8-16-21-14(12)11-5-6-11/h8,11,13H,2-7,9H2,1H3,(H,17,18,19). The number of likely N-dealkylation sites (tertiary alicyclic amines) is 1. The Bertz CT molecular complexity index is 615. The van der Waals surface area contributed by atoms with Crippen LogP contribution in [0.5, 0.6) is 0 Å². The molecule has 0 bridgehead atoms. The average molecular weight is 287 g/mol. The van der Waals surface area contributed by atoms with Crippen molar-refractivity contribution in [3.63, 3.8) is 0 Å². The number of nitrogens with zero attached hydrogens (tertiary/aromatic N) is 4. The molecule has 1 saturated carbocycles. The minimum absolute atomic E-state index is 0.311. The molecule has 0 radical (unpaired) electrons.